The van der Waals surface area contributed by atoms with Crippen LogP contribution in [0.2, 0.25) is 0 Å². The number of nitrogens with zero attached hydrogens (tertiary/aromatic N) is 3. The Kier molecular flexibility index (Phi) is 14.2. The van der Waals surface area contributed by atoms with Gasteiger partial charge in [-0.3, -0.25) is 24.1 Å². The van der Waals surface area contributed by atoms with Crippen LogP contribution < -0.4 is 10.6 Å². The summed E-state index contributed by atoms with van der Waals surface area (Å²) in [6.07, 6.45) is 14.2. The number of carbonyl (C=O) groups is 4. The van der Waals surface area contributed by atoms with Crippen LogP contribution in [0, 0.1) is 11.3 Å². The summed E-state index contributed by atoms with van der Waals surface area (Å²) in [7, 11) is 1.77. The molecule has 1 saturated carbocycles. The Labute approximate surface area is 279 Å². The first-order valence-electron chi connectivity index (χ1n) is 18.3. The van der Waals surface area contributed by atoms with E-state index < -0.39 is 17.5 Å². The van der Waals surface area contributed by atoms with Crippen LogP contribution >= 0.6 is 0 Å². The molecule has 0 aromatic heterocycles. The maximum Gasteiger partial charge on any atom is 0.249 e. The summed E-state index contributed by atoms with van der Waals surface area (Å²) in [5.74, 6) is -0.403. The van der Waals surface area contributed by atoms with Crippen LogP contribution in [0.1, 0.15) is 132 Å². The summed E-state index contributed by atoms with van der Waals surface area (Å²) >= 11 is 0. The Bertz CT molecular complexity index is 1070. The third-order valence-corrected chi connectivity index (χ3v) is 10.4. The molecule has 2 aliphatic heterocycles. The molecule has 0 aromatic rings. The summed E-state index contributed by atoms with van der Waals surface area (Å²) in [5.41, 5.74) is 0.0243. The number of amides is 4. The lowest BCUT2D eigenvalue weighted by Gasteiger charge is -2.41. The van der Waals surface area contributed by atoms with Crippen molar-refractivity contribution in [3.63, 3.8) is 0 Å². The van der Waals surface area contributed by atoms with Crippen LogP contribution in [0.5, 0.6) is 0 Å². The minimum atomic E-state index is -0.716. The predicted molar refractivity (Wildman–Crippen MR) is 185 cm³/mol. The predicted octanol–water partition coefficient (Wildman–Crippen LogP) is 5.43. The SMILES string of the molecule is CC(=C[C@H](C(C)C)N(C)C(=O)[C@@H](NC(=O)[C@H]1CCCCN1C(C)C)C(C)(C)C)C(=O)N1CCC[C@H]1C(=O)NC1CCCCCCC1. The molecular formula is C37H65N5O4. The highest BCUT2D eigenvalue weighted by atomic mass is 16.2. The van der Waals surface area contributed by atoms with Crippen molar-refractivity contribution in [3.8, 4) is 0 Å². The first kappa shape index (κ1) is 38.0. The van der Waals surface area contributed by atoms with Crippen molar-refractivity contribution in [1.29, 1.82) is 0 Å². The molecule has 4 amide bonds. The van der Waals surface area contributed by atoms with Gasteiger partial charge in [-0.05, 0) is 77.2 Å². The molecule has 1 aliphatic carbocycles. The molecule has 4 atom stereocenters. The average Bonchev–Trinajstić information content (AvgIpc) is 3.48. The lowest BCUT2D eigenvalue weighted by molar-refractivity contribution is -0.142. The first-order chi connectivity index (χ1) is 21.6. The van der Waals surface area contributed by atoms with Crippen molar-refractivity contribution in [2.24, 2.45) is 11.3 Å². The molecule has 2 saturated heterocycles. The van der Waals surface area contributed by atoms with Crippen LogP contribution in [0.4, 0.5) is 0 Å². The third-order valence-electron chi connectivity index (χ3n) is 10.4. The summed E-state index contributed by atoms with van der Waals surface area (Å²) < 4.78 is 0. The zero-order valence-corrected chi connectivity index (χ0v) is 30.5. The van der Waals surface area contributed by atoms with E-state index in [1.807, 2.05) is 40.7 Å². The maximum atomic E-state index is 14.2. The molecule has 2 N–H and O–H groups in total. The lowest BCUT2D eigenvalue weighted by Crippen LogP contribution is -2.60. The molecule has 3 aliphatic rings. The average molecular weight is 644 g/mol. The van der Waals surface area contributed by atoms with Gasteiger partial charge in [0, 0.05) is 31.2 Å². The molecule has 3 fully saturated rings. The normalized spacial score (nSPS) is 23.9. The molecule has 0 bridgehead atoms. The van der Waals surface area contributed by atoms with Crippen molar-refractivity contribution in [2.45, 2.75) is 169 Å². The van der Waals surface area contributed by atoms with Gasteiger partial charge in [-0.2, -0.15) is 0 Å². The second kappa shape index (κ2) is 17.1. The van der Waals surface area contributed by atoms with Crippen LogP contribution in [-0.4, -0.2) is 94.7 Å². The van der Waals surface area contributed by atoms with Gasteiger partial charge in [0.1, 0.15) is 12.1 Å². The molecule has 9 nitrogen and oxygen atoms in total. The fourth-order valence-electron chi connectivity index (χ4n) is 7.58. The van der Waals surface area contributed by atoms with E-state index in [1.165, 1.54) is 19.3 Å². The van der Waals surface area contributed by atoms with Gasteiger partial charge in [-0.25, -0.2) is 0 Å². The van der Waals surface area contributed by atoms with Gasteiger partial charge in [-0.15, -0.1) is 0 Å². The highest BCUT2D eigenvalue weighted by molar-refractivity contribution is 5.97. The van der Waals surface area contributed by atoms with E-state index in [2.05, 4.69) is 29.4 Å². The largest absolute Gasteiger partial charge is 0.352 e. The van der Waals surface area contributed by atoms with E-state index in [-0.39, 0.29) is 53.7 Å². The van der Waals surface area contributed by atoms with Crippen LogP contribution in [0.25, 0.3) is 0 Å². The number of carbonyl (C=O) groups excluding carboxylic acids is 4. The highest BCUT2D eigenvalue weighted by Gasteiger charge is 2.40. The van der Waals surface area contributed by atoms with Crippen LogP contribution in [-0.2, 0) is 19.2 Å². The fourth-order valence-corrected chi connectivity index (χ4v) is 7.58. The van der Waals surface area contributed by atoms with E-state index in [4.69, 9.17) is 0 Å². The molecule has 2 heterocycles. The number of likely N-dealkylation sites (tertiary alicyclic amines) is 2. The monoisotopic (exact) mass is 644 g/mol. The molecule has 0 radical (unpaired) electrons. The van der Waals surface area contributed by atoms with Crippen LogP contribution in [0.3, 0.4) is 0 Å². The Morgan fingerprint density at radius 2 is 1.37 bits per heavy atom. The highest BCUT2D eigenvalue weighted by Crippen LogP contribution is 2.27. The summed E-state index contributed by atoms with van der Waals surface area (Å²) in [6.45, 7) is 17.5. The van der Waals surface area contributed by atoms with Gasteiger partial charge in [0.25, 0.3) is 0 Å². The number of nitrogens with one attached hydrogen (secondary N) is 2. The second-order valence-corrected chi connectivity index (χ2v) is 15.9. The Hall–Kier alpha value is -2.42. The van der Waals surface area contributed by atoms with Crippen molar-refractivity contribution >= 4 is 23.6 Å². The van der Waals surface area contributed by atoms with E-state index >= 15 is 0 Å². The summed E-state index contributed by atoms with van der Waals surface area (Å²) in [6, 6.07) is -1.33. The third kappa shape index (κ3) is 10.0. The number of likely N-dealkylation sites (N-methyl/N-ethyl adjacent to an activating group) is 1. The topological polar surface area (TPSA) is 102 Å². The molecule has 46 heavy (non-hydrogen) atoms. The van der Waals surface area contributed by atoms with Crippen molar-refractivity contribution in [1.82, 2.24) is 25.3 Å². The standard InChI is InChI=1S/C37H65N5O4/c1-25(2)31(40(9)36(46)32(37(6,7)8)39-34(44)29-20-15-16-22-41(29)26(3)4)24-27(5)35(45)42-23-17-21-30(42)33(43)38-28-18-13-11-10-12-14-19-28/h24-26,28-32H,10-23H2,1-9H3,(H,38,43)(H,39,44)/t29-,30+,31-,32-/m1/s1. The smallest absolute Gasteiger partial charge is 0.249 e. The number of rotatable bonds is 10. The van der Waals surface area contributed by atoms with Gasteiger partial charge in [-0.1, -0.05) is 79.2 Å². The maximum absolute atomic E-state index is 14.2. The number of piperidine rings is 1. The molecule has 262 valence electrons. The quantitative estimate of drug-likeness (QED) is 0.309. The zero-order valence-electron chi connectivity index (χ0n) is 30.5. The van der Waals surface area contributed by atoms with Gasteiger partial charge in [0.05, 0.1) is 12.1 Å². The summed E-state index contributed by atoms with van der Waals surface area (Å²) in [4.78, 5) is 60.7. The molecule has 0 aromatic carbocycles. The van der Waals surface area contributed by atoms with Gasteiger partial charge < -0.3 is 20.4 Å². The first-order valence-corrected chi connectivity index (χ1v) is 18.3. The lowest BCUT2D eigenvalue weighted by atomic mass is 9.84. The van der Waals surface area contributed by atoms with E-state index in [0.717, 1.165) is 57.9 Å². The summed E-state index contributed by atoms with van der Waals surface area (Å²) in [5, 5.41) is 6.43. The number of hydrogen-bond donors (Lipinski definition) is 2. The molecular weight excluding hydrogens is 578 g/mol. The van der Waals surface area contributed by atoms with Crippen molar-refractivity contribution < 1.29 is 19.2 Å². The van der Waals surface area contributed by atoms with E-state index in [1.54, 1.807) is 23.8 Å². The minimum Gasteiger partial charge on any atom is -0.352 e. The van der Waals surface area contributed by atoms with Crippen LogP contribution in [0.15, 0.2) is 11.6 Å². The number of hydrogen-bond acceptors (Lipinski definition) is 5. The van der Waals surface area contributed by atoms with Crippen molar-refractivity contribution in [2.75, 3.05) is 20.1 Å². The van der Waals surface area contributed by atoms with Gasteiger partial charge >= 0.3 is 0 Å². The van der Waals surface area contributed by atoms with Gasteiger partial charge in [0.2, 0.25) is 23.6 Å². The molecule has 9 heteroatoms. The van der Waals surface area contributed by atoms with Gasteiger partial charge in [0.15, 0.2) is 0 Å². The Morgan fingerprint density at radius 3 is 1.96 bits per heavy atom. The van der Waals surface area contributed by atoms with E-state index in [9.17, 15) is 19.2 Å². The second-order valence-electron chi connectivity index (χ2n) is 15.9. The molecule has 0 spiro atoms. The zero-order chi connectivity index (χ0) is 34.2. The molecule has 3 rings (SSSR count). The van der Waals surface area contributed by atoms with E-state index in [0.29, 0.717) is 18.5 Å². The fraction of sp³-hybridized carbons (Fsp3) is 0.838. The van der Waals surface area contributed by atoms with Crippen molar-refractivity contribution in [3.05, 3.63) is 11.6 Å². The Balaban J connectivity index is 1.74. The Morgan fingerprint density at radius 1 is 0.783 bits per heavy atom. The molecule has 0 unspecified atom stereocenters. The minimum absolute atomic E-state index is 0.0276.